The summed E-state index contributed by atoms with van der Waals surface area (Å²) in [6.07, 6.45) is 0. The average Bonchev–Trinajstić information content (AvgIpc) is 3.78. The van der Waals surface area contributed by atoms with E-state index in [4.69, 9.17) is 15.0 Å². The summed E-state index contributed by atoms with van der Waals surface area (Å²) >= 11 is 0. The maximum Gasteiger partial charge on any atom is 0.164 e. The van der Waals surface area contributed by atoms with Crippen LogP contribution >= 0.6 is 0 Å². The van der Waals surface area contributed by atoms with Gasteiger partial charge in [-0.05, 0) is 69.8 Å². The number of hydrogen-bond donors (Lipinski definition) is 0. The van der Waals surface area contributed by atoms with Gasteiger partial charge in [-0.2, -0.15) is 0 Å². The average molecular weight is 715 g/mol. The smallest absolute Gasteiger partial charge is 0.164 e. The minimum atomic E-state index is -0.516. The summed E-state index contributed by atoms with van der Waals surface area (Å²) < 4.78 is 2.41. The summed E-state index contributed by atoms with van der Waals surface area (Å²) in [5.74, 6) is 1.93. The van der Waals surface area contributed by atoms with Gasteiger partial charge in [0.1, 0.15) is 0 Å². The van der Waals surface area contributed by atoms with Gasteiger partial charge in [-0.25, -0.2) is 15.0 Å². The van der Waals surface area contributed by atoms with Crippen LogP contribution in [0, 0.1) is 0 Å². The zero-order chi connectivity index (χ0) is 37.1. The highest BCUT2D eigenvalue weighted by atomic mass is 15.0. The number of hydrogen-bond acceptors (Lipinski definition) is 3. The van der Waals surface area contributed by atoms with Gasteiger partial charge in [0.05, 0.1) is 16.4 Å². The van der Waals surface area contributed by atoms with Crippen LogP contribution in [0.4, 0.5) is 0 Å². The second-order valence-electron chi connectivity index (χ2n) is 14.3. The maximum absolute atomic E-state index is 5.00. The van der Waals surface area contributed by atoms with Crippen molar-refractivity contribution in [1.82, 2.24) is 19.5 Å². The molecule has 262 valence electrons. The summed E-state index contributed by atoms with van der Waals surface area (Å²) in [6.45, 7) is 0. The van der Waals surface area contributed by atoms with Crippen molar-refractivity contribution in [1.29, 1.82) is 0 Å². The molecular formula is C52H34N4. The van der Waals surface area contributed by atoms with Crippen LogP contribution in [0.25, 0.3) is 72.8 Å². The number of para-hydroxylation sites is 1. The molecule has 0 N–H and O–H groups in total. The van der Waals surface area contributed by atoms with E-state index in [9.17, 15) is 0 Å². The van der Waals surface area contributed by atoms with Gasteiger partial charge < -0.3 is 4.57 Å². The summed E-state index contributed by atoms with van der Waals surface area (Å²) in [5, 5.41) is 2.49. The van der Waals surface area contributed by atoms with Crippen LogP contribution in [0.2, 0.25) is 0 Å². The lowest BCUT2D eigenvalue weighted by Crippen LogP contribution is -2.28. The first-order chi connectivity index (χ1) is 27.8. The Morgan fingerprint density at radius 3 is 1.43 bits per heavy atom. The Kier molecular flexibility index (Phi) is 7.36. The molecule has 0 spiro atoms. The third kappa shape index (κ3) is 4.83. The van der Waals surface area contributed by atoms with Crippen molar-refractivity contribution >= 4 is 21.8 Å². The third-order valence-corrected chi connectivity index (χ3v) is 11.3. The first-order valence-corrected chi connectivity index (χ1v) is 19.0. The molecule has 0 amide bonds. The van der Waals surface area contributed by atoms with E-state index in [1.807, 2.05) is 60.7 Å². The van der Waals surface area contributed by atoms with E-state index in [0.29, 0.717) is 17.5 Å². The molecule has 1 aliphatic rings. The first-order valence-electron chi connectivity index (χ1n) is 19.0. The van der Waals surface area contributed by atoms with Crippen molar-refractivity contribution in [3.63, 3.8) is 0 Å². The highest BCUT2D eigenvalue weighted by Crippen LogP contribution is 2.59. The summed E-state index contributed by atoms with van der Waals surface area (Å²) in [7, 11) is 0. The van der Waals surface area contributed by atoms with Crippen molar-refractivity contribution in [2.75, 3.05) is 0 Å². The molecule has 1 aliphatic carbocycles. The highest BCUT2D eigenvalue weighted by molar-refractivity contribution is 6.15. The van der Waals surface area contributed by atoms with Gasteiger partial charge in [0, 0.05) is 33.2 Å². The number of rotatable bonds is 6. The molecule has 0 bridgehead atoms. The molecule has 0 radical (unpaired) electrons. The summed E-state index contributed by atoms with van der Waals surface area (Å²) in [6, 6.07) is 73.4. The van der Waals surface area contributed by atoms with E-state index >= 15 is 0 Å². The van der Waals surface area contributed by atoms with Crippen LogP contribution in [0.1, 0.15) is 22.3 Å². The van der Waals surface area contributed by atoms with Crippen LogP contribution in [0.3, 0.4) is 0 Å². The zero-order valence-corrected chi connectivity index (χ0v) is 30.4. The second kappa shape index (κ2) is 12.9. The van der Waals surface area contributed by atoms with Gasteiger partial charge in [-0.15, -0.1) is 0 Å². The number of nitrogens with zero attached hydrogens (tertiary/aromatic N) is 4. The molecule has 4 heteroatoms. The Morgan fingerprint density at radius 1 is 0.357 bits per heavy atom. The fourth-order valence-corrected chi connectivity index (χ4v) is 8.97. The van der Waals surface area contributed by atoms with E-state index in [1.165, 1.54) is 49.7 Å². The van der Waals surface area contributed by atoms with Gasteiger partial charge >= 0.3 is 0 Å². The molecule has 2 heterocycles. The van der Waals surface area contributed by atoms with Crippen LogP contribution < -0.4 is 0 Å². The minimum Gasteiger partial charge on any atom is -0.309 e. The molecular weight excluding hydrogens is 681 g/mol. The molecule has 0 saturated heterocycles. The largest absolute Gasteiger partial charge is 0.309 e. The third-order valence-electron chi connectivity index (χ3n) is 11.3. The second-order valence-corrected chi connectivity index (χ2v) is 14.3. The van der Waals surface area contributed by atoms with Gasteiger partial charge in [0.25, 0.3) is 0 Å². The first kappa shape index (κ1) is 32.0. The molecule has 0 fully saturated rings. The van der Waals surface area contributed by atoms with Gasteiger partial charge in [0.2, 0.25) is 0 Å². The Labute approximate surface area is 325 Å². The summed E-state index contributed by atoms with van der Waals surface area (Å²) in [4.78, 5) is 14.9. The minimum absolute atomic E-state index is 0.516. The maximum atomic E-state index is 5.00. The van der Waals surface area contributed by atoms with Crippen molar-refractivity contribution in [2.24, 2.45) is 0 Å². The number of benzene rings is 8. The quantitative estimate of drug-likeness (QED) is 0.172. The summed E-state index contributed by atoms with van der Waals surface area (Å²) in [5.41, 5.74) is 13.4. The molecule has 0 unspecified atom stereocenters. The van der Waals surface area contributed by atoms with E-state index in [2.05, 4.69) is 150 Å². The van der Waals surface area contributed by atoms with Crippen molar-refractivity contribution in [3.05, 3.63) is 229 Å². The molecule has 0 saturated carbocycles. The normalized spacial score (nSPS) is 12.8. The van der Waals surface area contributed by atoms with Gasteiger partial charge in [-0.3, -0.25) is 0 Å². The van der Waals surface area contributed by atoms with Crippen LogP contribution in [0.15, 0.2) is 206 Å². The molecule has 0 atom stereocenters. The predicted molar refractivity (Wildman–Crippen MR) is 228 cm³/mol. The monoisotopic (exact) mass is 714 g/mol. The molecule has 4 nitrogen and oxygen atoms in total. The lowest BCUT2D eigenvalue weighted by atomic mass is 9.67. The fourth-order valence-electron chi connectivity index (χ4n) is 8.97. The predicted octanol–water partition coefficient (Wildman–Crippen LogP) is 12.3. The molecule has 11 rings (SSSR count). The van der Waals surface area contributed by atoms with Crippen LogP contribution in [0.5, 0.6) is 0 Å². The molecule has 8 aromatic carbocycles. The Bertz CT molecular complexity index is 2950. The molecule has 0 aliphatic heterocycles. The van der Waals surface area contributed by atoms with E-state index in [0.717, 1.165) is 27.9 Å². The highest BCUT2D eigenvalue weighted by Gasteiger charge is 2.47. The fraction of sp³-hybridized carbons (Fsp3) is 0.0192. The van der Waals surface area contributed by atoms with Crippen LogP contribution in [-0.4, -0.2) is 19.5 Å². The molecule has 2 aromatic heterocycles. The van der Waals surface area contributed by atoms with Gasteiger partial charge in [0.15, 0.2) is 17.5 Å². The number of fused-ring (bicyclic) bond motifs is 7. The van der Waals surface area contributed by atoms with E-state index in [1.54, 1.807) is 0 Å². The van der Waals surface area contributed by atoms with Crippen molar-refractivity contribution in [2.45, 2.75) is 5.41 Å². The van der Waals surface area contributed by atoms with E-state index in [-0.39, 0.29) is 0 Å². The standard InChI is InChI=1S/C52H34N4/c1-5-17-35(18-6-1)49-53-50(36-19-7-2-8-20-36)55-51(54-49)37-29-31-40(32-30-37)56-45-28-16-14-26-43(45)47-46(56)34-33-42-41-25-13-15-27-44(41)52(48(42)47,38-21-9-3-10-22-38)39-23-11-4-12-24-39/h1-34H. The zero-order valence-electron chi connectivity index (χ0n) is 30.4. The van der Waals surface area contributed by atoms with Gasteiger partial charge in [-0.1, -0.05) is 170 Å². The van der Waals surface area contributed by atoms with E-state index < -0.39 is 5.41 Å². The molecule has 56 heavy (non-hydrogen) atoms. The lowest BCUT2D eigenvalue weighted by molar-refractivity contribution is 0.776. The Balaban J connectivity index is 1.13. The number of aromatic nitrogens is 4. The van der Waals surface area contributed by atoms with Crippen molar-refractivity contribution < 1.29 is 0 Å². The van der Waals surface area contributed by atoms with Crippen LogP contribution in [-0.2, 0) is 5.41 Å². The Morgan fingerprint density at radius 2 is 0.839 bits per heavy atom. The van der Waals surface area contributed by atoms with Crippen molar-refractivity contribution in [3.8, 4) is 51.0 Å². The molecule has 10 aromatic rings. The SMILES string of the molecule is c1ccc(-c2nc(-c3ccccc3)nc(-c3ccc(-n4c5ccccc5c5c6c(ccc54)-c4ccccc4C6(c4ccccc4)c4ccccc4)cc3)n2)cc1. The topological polar surface area (TPSA) is 43.6 Å². The Hall–Kier alpha value is -7.43. The lowest BCUT2D eigenvalue weighted by Gasteiger charge is -2.34.